The minimum atomic E-state index is -0.971. The van der Waals surface area contributed by atoms with E-state index in [4.69, 9.17) is 16.9 Å². The summed E-state index contributed by atoms with van der Waals surface area (Å²) in [4.78, 5) is 22.4. The summed E-state index contributed by atoms with van der Waals surface area (Å²) in [5.74, 6) is -0.808. The van der Waals surface area contributed by atoms with E-state index in [2.05, 4.69) is 15.5 Å². The second kappa shape index (κ2) is 6.24. The molecule has 1 aromatic carbocycles. The minimum absolute atomic E-state index is 0.162. The van der Waals surface area contributed by atoms with E-state index < -0.39 is 22.6 Å². The minimum Gasteiger partial charge on any atom is -0.331 e. The topological polar surface area (TPSA) is 125 Å². The molecule has 1 atom stereocenters. The van der Waals surface area contributed by atoms with Crippen molar-refractivity contribution < 1.29 is 9.72 Å². The zero-order valence-corrected chi connectivity index (χ0v) is 12.1. The van der Waals surface area contributed by atoms with Crippen molar-refractivity contribution in [3.8, 4) is 6.07 Å². The third kappa shape index (κ3) is 3.05. The Hall–Kier alpha value is -2.92. The number of aromatic nitrogens is 2. The lowest BCUT2D eigenvalue weighted by atomic mass is 10.1. The molecule has 2 rings (SSSR count). The van der Waals surface area contributed by atoms with E-state index in [1.807, 2.05) is 6.07 Å². The van der Waals surface area contributed by atoms with Crippen LogP contribution in [0.5, 0.6) is 0 Å². The lowest BCUT2D eigenvalue weighted by Gasteiger charge is -2.10. The molecule has 0 spiro atoms. The molecule has 1 aromatic heterocycles. The summed E-state index contributed by atoms with van der Waals surface area (Å²) in [6, 6.07) is 7.26. The van der Waals surface area contributed by atoms with Gasteiger partial charge in [-0.1, -0.05) is 23.7 Å². The number of hydrogen-bond donors (Lipinski definition) is 2. The van der Waals surface area contributed by atoms with Crippen LogP contribution >= 0.6 is 11.6 Å². The number of nitriles is 1. The highest BCUT2D eigenvalue weighted by atomic mass is 35.5. The van der Waals surface area contributed by atoms with Crippen molar-refractivity contribution in [1.82, 2.24) is 15.5 Å². The summed E-state index contributed by atoms with van der Waals surface area (Å²) in [7, 11) is 0. The molecule has 0 aliphatic carbocycles. The van der Waals surface area contributed by atoms with Gasteiger partial charge in [0, 0.05) is 5.02 Å². The molecule has 8 nitrogen and oxygen atoms in total. The van der Waals surface area contributed by atoms with Gasteiger partial charge in [-0.05, 0) is 24.6 Å². The predicted octanol–water partition coefficient (Wildman–Crippen LogP) is 2.27. The first kappa shape index (κ1) is 15.5. The van der Waals surface area contributed by atoms with E-state index in [0.717, 1.165) is 0 Å². The fourth-order valence-corrected chi connectivity index (χ4v) is 1.98. The standard InChI is InChI=1S/C13H10ClN5O3/c1-7-12(19(21)22)11(18-17-7)13(20)16-10(6-15)8-2-4-9(14)5-3-8/h2-5,10H,1H3,(H,16,20)(H,17,18)/t10-/m0/s1. The summed E-state index contributed by atoms with van der Waals surface area (Å²) in [6.07, 6.45) is 0. The number of carbonyl (C=O) groups excluding carboxylic acids is 1. The van der Waals surface area contributed by atoms with Gasteiger partial charge >= 0.3 is 5.69 Å². The number of benzene rings is 1. The molecule has 0 saturated carbocycles. The van der Waals surface area contributed by atoms with E-state index in [1.54, 1.807) is 24.3 Å². The largest absolute Gasteiger partial charge is 0.331 e. The SMILES string of the molecule is Cc1[nH]nc(C(=O)N[C@@H](C#N)c2ccc(Cl)cc2)c1[N+](=O)[O-]. The van der Waals surface area contributed by atoms with Crippen molar-refractivity contribution >= 4 is 23.2 Å². The van der Waals surface area contributed by atoms with Crippen molar-refractivity contribution in [2.45, 2.75) is 13.0 Å². The summed E-state index contributed by atoms with van der Waals surface area (Å²) < 4.78 is 0. The van der Waals surface area contributed by atoms with Gasteiger partial charge in [-0.3, -0.25) is 20.0 Å². The van der Waals surface area contributed by atoms with Gasteiger partial charge in [0.2, 0.25) is 5.69 Å². The molecule has 0 radical (unpaired) electrons. The highest BCUT2D eigenvalue weighted by Crippen LogP contribution is 2.21. The maximum Gasteiger partial charge on any atom is 0.322 e. The number of nitro groups is 1. The third-order valence-electron chi connectivity index (χ3n) is 2.92. The molecule has 112 valence electrons. The highest BCUT2D eigenvalue weighted by Gasteiger charge is 2.28. The average molecular weight is 320 g/mol. The Balaban J connectivity index is 2.26. The number of carbonyl (C=O) groups is 1. The van der Waals surface area contributed by atoms with Gasteiger partial charge in [0.15, 0.2) is 0 Å². The number of hydrogen-bond acceptors (Lipinski definition) is 5. The fourth-order valence-electron chi connectivity index (χ4n) is 1.85. The first-order chi connectivity index (χ1) is 10.4. The molecule has 0 saturated heterocycles. The summed E-state index contributed by atoms with van der Waals surface area (Å²) in [5, 5.41) is 29.0. The van der Waals surface area contributed by atoms with Crippen LogP contribution in [0, 0.1) is 28.4 Å². The molecule has 1 heterocycles. The third-order valence-corrected chi connectivity index (χ3v) is 3.17. The number of rotatable bonds is 4. The van der Waals surface area contributed by atoms with Crippen LogP contribution in [0.25, 0.3) is 0 Å². The summed E-state index contributed by atoms with van der Waals surface area (Å²) >= 11 is 5.76. The summed E-state index contributed by atoms with van der Waals surface area (Å²) in [6.45, 7) is 1.43. The zero-order chi connectivity index (χ0) is 16.3. The number of H-pyrrole nitrogens is 1. The van der Waals surface area contributed by atoms with Crippen LogP contribution < -0.4 is 5.32 Å². The predicted molar refractivity (Wildman–Crippen MR) is 77.3 cm³/mol. The Labute approximate surface area is 129 Å². The number of nitrogens with one attached hydrogen (secondary N) is 2. The molecule has 0 fully saturated rings. The van der Waals surface area contributed by atoms with Crippen LogP contribution in [-0.4, -0.2) is 21.0 Å². The number of aryl methyl sites for hydroxylation is 1. The Kier molecular flexibility index (Phi) is 4.39. The van der Waals surface area contributed by atoms with Gasteiger partial charge in [-0.25, -0.2) is 0 Å². The maximum atomic E-state index is 12.1. The van der Waals surface area contributed by atoms with Gasteiger partial charge < -0.3 is 5.32 Å². The van der Waals surface area contributed by atoms with Crippen molar-refractivity contribution in [3.05, 3.63) is 56.4 Å². The molecule has 2 N–H and O–H groups in total. The Morgan fingerprint density at radius 1 is 1.50 bits per heavy atom. The smallest absolute Gasteiger partial charge is 0.322 e. The van der Waals surface area contributed by atoms with E-state index in [0.29, 0.717) is 10.6 Å². The second-order valence-electron chi connectivity index (χ2n) is 4.39. The monoisotopic (exact) mass is 319 g/mol. The van der Waals surface area contributed by atoms with Crippen molar-refractivity contribution in [1.29, 1.82) is 5.26 Å². The molecule has 0 aliphatic rings. The van der Waals surface area contributed by atoms with Crippen molar-refractivity contribution in [2.24, 2.45) is 0 Å². The second-order valence-corrected chi connectivity index (χ2v) is 4.83. The molecule has 0 bridgehead atoms. The van der Waals surface area contributed by atoms with Gasteiger partial charge in [0.1, 0.15) is 11.7 Å². The maximum absolute atomic E-state index is 12.1. The molecular formula is C13H10ClN5O3. The summed E-state index contributed by atoms with van der Waals surface area (Å²) in [5.41, 5.74) is -0.104. The fraction of sp³-hybridized carbons (Fsp3) is 0.154. The first-order valence-corrected chi connectivity index (χ1v) is 6.47. The lowest BCUT2D eigenvalue weighted by molar-refractivity contribution is -0.385. The van der Waals surface area contributed by atoms with E-state index in [-0.39, 0.29) is 11.4 Å². The van der Waals surface area contributed by atoms with Gasteiger partial charge in [0.05, 0.1) is 11.0 Å². The number of nitrogens with zero attached hydrogens (tertiary/aromatic N) is 3. The quantitative estimate of drug-likeness (QED) is 0.660. The van der Waals surface area contributed by atoms with Gasteiger partial charge in [-0.15, -0.1) is 0 Å². The zero-order valence-electron chi connectivity index (χ0n) is 11.3. The number of aromatic amines is 1. The van der Waals surface area contributed by atoms with Crippen LogP contribution in [0.1, 0.15) is 27.8 Å². The molecule has 22 heavy (non-hydrogen) atoms. The Bertz CT molecular complexity index is 763. The van der Waals surface area contributed by atoms with Gasteiger partial charge in [-0.2, -0.15) is 10.4 Å². The first-order valence-electron chi connectivity index (χ1n) is 6.09. The lowest BCUT2D eigenvalue weighted by Crippen LogP contribution is -2.28. The van der Waals surface area contributed by atoms with E-state index >= 15 is 0 Å². The Morgan fingerprint density at radius 3 is 2.68 bits per heavy atom. The van der Waals surface area contributed by atoms with Crippen molar-refractivity contribution in [3.63, 3.8) is 0 Å². The molecule has 1 amide bonds. The van der Waals surface area contributed by atoms with Crippen LogP contribution in [0.2, 0.25) is 5.02 Å². The van der Waals surface area contributed by atoms with Crippen LogP contribution in [0.15, 0.2) is 24.3 Å². The molecule has 2 aromatic rings. The number of amides is 1. The average Bonchev–Trinajstić information content (AvgIpc) is 2.87. The van der Waals surface area contributed by atoms with Gasteiger partial charge in [0.25, 0.3) is 5.91 Å². The number of halogens is 1. The van der Waals surface area contributed by atoms with Crippen LogP contribution in [0.4, 0.5) is 5.69 Å². The molecular weight excluding hydrogens is 310 g/mol. The van der Waals surface area contributed by atoms with E-state index in [9.17, 15) is 14.9 Å². The Morgan fingerprint density at radius 2 is 2.14 bits per heavy atom. The molecule has 0 unspecified atom stereocenters. The van der Waals surface area contributed by atoms with Crippen LogP contribution in [0.3, 0.4) is 0 Å². The highest BCUT2D eigenvalue weighted by molar-refractivity contribution is 6.30. The van der Waals surface area contributed by atoms with Crippen molar-refractivity contribution in [2.75, 3.05) is 0 Å². The molecule has 0 aliphatic heterocycles. The molecule has 9 heteroatoms. The van der Waals surface area contributed by atoms with Crippen LogP contribution in [-0.2, 0) is 0 Å². The normalized spacial score (nSPS) is 11.5. The van der Waals surface area contributed by atoms with E-state index in [1.165, 1.54) is 6.92 Å².